The third-order valence-corrected chi connectivity index (χ3v) is 4.63. The summed E-state index contributed by atoms with van der Waals surface area (Å²) >= 11 is 0. The van der Waals surface area contributed by atoms with E-state index in [1.54, 1.807) is 10.9 Å². The number of H-pyrrole nitrogens is 1. The number of amides is 1. The van der Waals surface area contributed by atoms with Crippen molar-refractivity contribution in [3.05, 3.63) is 60.7 Å². The number of aromatic nitrogens is 5. The van der Waals surface area contributed by atoms with Crippen LogP contribution in [0.4, 0.5) is 5.69 Å². The monoisotopic (exact) mass is 404 g/mol. The van der Waals surface area contributed by atoms with E-state index in [4.69, 9.17) is 0 Å². The summed E-state index contributed by atoms with van der Waals surface area (Å²) in [6, 6.07) is 11.9. The summed E-state index contributed by atoms with van der Waals surface area (Å²) in [4.78, 5) is 16.7. The zero-order chi connectivity index (χ0) is 20.8. The van der Waals surface area contributed by atoms with Gasteiger partial charge in [0, 0.05) is 42.1 Å². The molecule has 9 nitrogen and oxygen atoms in total. The Hall–Kier alpha value is -3.72. The maximum atomic E-state index is 12.0. The Balaban J connectivity index is 1.39. The zero-order valence-corrected chi connectivity index (χ0v) is 16.7. The zero-order valence-electron chi connectivity index (χ0n) is 16.7. The van der Waals surface area contributed by atoms with Gasteiger partial charge in [0.25, 0.3) is 0 Å². The molecule has 9 heteroatoms. The normalized spacial score (nSPS) is 11.0. The molecule has 0 atom stereocenters. The van der Waals surface area contributed by atoms with Crippen LogP contribution < -0.4 is 16.0 Å². The van der Waals surface area contributed by atoms with Gasteiger partial charge in [0.1, 0.15) is 6.54 Å². The highest BCUT2D eigenvalue weighted by Crippen LogP contribution is 2.19. The number of rotatable bonds is 9. The fourth-order valence-electron chi connectivity index (χ4n) is 3.12. The molecule has 0 aliphatic carbocycles. The molecule has 0 unspecified atom stereocenters. The third kappa shape index (κ3) is 4.81. The molecule has 4 rings (SSSR count). The molecule has 1 amide bonds. The van der Waals surface area contributed by atoms with Crippen molar-refractivity contribution in [1.82, 2.24) is 35.6 Å². The number of hydrogen-bond acceptors (Lipinski definition) is 6. The molecule has 0 aliphatic heterocycles. The van der Waals surface area contributed by atoms with Crippen LogP contribution in [0.3, 0.4) is 0 Å². The first-order valence-corrected chi connectivity index (χ1v) is 9.79. The summed E-state index contributed by atoms with van der Waals surface area (Å²) in [7, 11) is 1.85. The van der Waals surface area contributed by atoms with Crippen molar-refractivity contribution in [3.8, 4) is 11.3 Å². The fraction of sp³-hybridized carbons (Fsp3) is 0.238. The van der Waals surface area contributed by atoms with Crippen LogP contribution in [0, 0.1) is 0 Å². The van der Waals surface area contributed by atoms with Crippen LogP contribution in [0.5, 0.6) is 0 Å². The molecular weight excluding hydrogens is 380 g/mol. The molecule has 0 bridgehead atoms. The minimum atomic E-state index is -0.0556. The minimum absolute atomic E-state index is 0.0556. The fourth-order valence-corrected chi connectivity index (χ4v) is 3.12. The molecule has 3 aromatic heterocycles. The third-order valence-electron chi connectivity index (χ3n) is 4.63. The number of fused-ring (bicyclic) bond motifs is 1. The predicted molar refractivity (Wildman–Crippen MR) is 116 cm³/mol. The average Bonchev–Trinajstić information content (AvgIpc) is 3.42. The minimum Gasteiger partial charge on any atom is -0.379 e. The van der Waals surface area contributed by atoms with Crippen LogP contribution >= 0.6 is 0 Å². The van der Waals surface area contributed by atoms with Crippen LogP contribution in [0.25, 0.3) is 22.2 Å². The van der Waals surface area contributed by atoms with E-state index in [2.05, 4.69) is 36.2 Å². The summed E-state index contributed by atoms with van der Waals surface area (Å²) in [6.45, 7) is 2.13. The maximum Gasteiger partial charge on any atom is 0.241 e. The van der Waals surface area contributed by atoms with E-state index in [1.807, 2.05) is 55.8 Å². The van der Waals surface area contributed by atoms with Gasteiger partial charge in [-0.1, -0.05) is 6.07 Å². The van der Waals surface area contributed by atoms with Gasteiger partial charge in [0.15, 0.2) is 0 Å². The number of benzene rings is 1. The Morgan fingerprint density at radius 1 is 1.20 bits per heavy atom. The lowest BCUT2D eigenvalue weighted by Gasteiger charge is -2.07. The van der Waals surface area contributed by atoms with Gasteiger partial charge in [-0.15, -0.1) is 0 Å². The molecule has 0 spiro atoms. The smallest absolute Gasteiger partial charge is 0.241 e. The summed E-state index contributed by atoms with van der Waals surface area (Å²) in [5.41, 5.74) is 4.59. The molecule has 4 N–H and O–H groups in total. The van der Waals surface area contributed by atoms with E-state index >= 15 is 0 Å². The molecule has 0 fully saturated rings. The van der Waals surface area contributed by atoms with Crippen LogP contribution in [0.2, 0.25) is 0 Å². The lowest BCUT2D eigenvalue weighted by molar-refractivity contribution is -0.121. The van der Waals surface area contributed by atoms with Crippen LogP contribution in [0.15, 0.2) is 55.0 Å². The molecule has 4 aromatic rings. The van der Waals surface area contributed by atoms with Gasteiger partial charge < -0.3 is 16.0 Å². The topological polar surface area (TPSA) is 113 Å². The van der Waals surface area contributed by atoms with Crippen molar-refractivity contribution in [2.45, 2.75) is 13.1 Å². The predicted octanol–water partition coefficient (Wildman–Crippen LogP) is 1.77. The first kappa shape index (κ1) is 19.6. The van der Waals surface area contributed by atoms with E-state index in [0.717, 1.165) is 40.1 Å². The quantitative estimate of drug-likeness (QED) is 0.316. The molecule has 0 radical (unpaired) electrons. The van der Waals surface area contributed by atoms with Crippen molar-refractivity contribution >= 4 is 22.5 Å². The summed E-state index contributed by atoms with van der Waals surface area (Å²) in [5, 5.41) is 21.5. The molecule has 30 heavy (non-hydrogen) atoms. The van der Waals surface area contributed by atoms with Crippen molar-refractivity contribution in [3.63, 3.8) is 0 Å². The highest BCUT2D eigenvalue weighted by atomic mass is 16.2. The molecule has 0 aliphatic rings. The SMILES string of the molecule is CNCCNC(=O)Cn1cc2cc(NCc3cccc(-c4cn[nH]c4)n3)ccc2n1. The lowest BCUT2D eigenvalue weighted by atomic mass is 10.2. The molecule has 154 valence electrons. The second-order valence-electron chi connectivity index (χ2n) is 6.91. The number of carbonyl (C=O) groups excluding carboxylic acids is 1. The number of nitrogens with zero attached hydrogens (tertiary/aromatic N) is 4. The van der Waals surface area contributed by atoms with Gasteiger partial charge in [-0.05, 0) is 37.4 Å². The Morgan fingerprint density at radius 2 is 2.13 bits per heavy atom. The number of nitrogens with one attached hydrogen (secondary N) is 4. The van der Waals surface area contributed by atoms with Crippen molar-refractivity contribution < 1.29 is 4.79 Å². The second kappa shape index (κ2) is 9.19. The summed E-state index contributed by atoms with van der Waals surface area (Å²) in [6.07, 6.45) is 5.47. The molecular formula is C21H24N8O. The standard InChI is InChI=1S/C21H24N8O/c1-22-7-8-23-21(30)14-29-13-15-9-17(5-6-20(15)28-29)24-12-18-3-2-4-19(27-18)16-10-25-26-11-16/h2-6,9-11,13,22,24H,7-8,12,14H2,1H3,(H,23,30)(H,25,26). The molecule has 1 aromatic carbocycles. The number of anilines is 1. The Morgan fingerprint density at radius 3 is 2.97 bits per heavy atom. The van der Waals surface area contributed by atoms with E-state index in [1.165, 1.54) is 0 Å². The van der Waals surface area contributed by atoms with Gasteiger partial charge in [0.05, 0.1) is 29.6 Å². The number of hydrogen-bond donors (Lipinski definition) is 4. The highest BCUT2D eigenvalue weighted by Gasteiger charge is 2.07. The van der Waals surface area contributed by atoms with Gasteiger partial charge in [-0.25, -0.2) is 0 Å². The molecule has 0 saturated heterocycles. The van der Waals surface area contributed by atoms with Crippen LogP contribution in [-0.4, -0.2) is 51.0 Å². The van der Waals surface area contributed by atoms with Crippen molar-refractivity contribution in [2.24, 2.45) is 0 Å². The molecule has 3 heterocycles. The lowest BCUT2D eigenvalue weighted by Crippen LogP contribution is -2.33. The maximum absolute atomic E-state index is 12.0. The Kier molecular flexibility index (Phi) is 6.00. The largest absolute Gasteiger partial charge is 0.379 e. The summed E-state index contributed by atoms with van der Waals surface area (Å²) < 4.78 is 1.67. The number of aromatic amines is 1. The van der Waals surface area contributed by atoms with Crippen LogP contribution in [-0.2, 0) is 17.9 Å². The van der Waals surface area contributed by atoms with E-state index in [9.17, 15) is 4.79 Å². The van der Waals surface area contributed by atoms with Crippen molar-refractivity contribution in [1.29, 1.82) is 0 Å². The first-order chi connectivity index (χ1) is 14.7. The second-order valence-corrected chi connectivity index (χ2v) is 6.91. The average molecular weight is 404 g/mol. The Labute approximate surface area is 173 Å². The van der Waals surface area contributed by atoms with Gasteiger partial charge in [0.2, 0.25) is 5.91 Å². The van der Waals surface area contributed by atoms with Crippen LogP contribution in [0.1, 0.15) is 5.69 Å². The van der Waals surface area contributed by atoms with Gasteiger partial charge in [-0.2, -0.15) is 10.2 Å². The highest BCUT2D eigenvalue weighted by molar-refractivity contribution is 5.83. The van der Waals surface area contributed by atoms with Crippen molar-refractivity contribution in [2.75, 3.05) is 25.5 Å². The number of pyridine rings is 1. The van der Waals surface area contributed by atoms with E-state index in [0.29, 0.717) is 13.1 Å². The number of likely N-dealkylation sites (N-methyl/N-ethyl adjacent to an activating group) is 1. The Bertz CT molecular complexity index is 1120. The van der Waals surface area contributed by atoms with E-state index in [-0.39, 0.29) is 12.5 Å². The molecule has 0 saturated carbocycles. The first-order valence-electron chi connectivity index (χ1n) is 9.79. The number of carbonyl (C=O) groups is 1. The van der Waals surface area contributed by atoms with Gasteiger partial charge in [-0.3, -0.25) is 19.6 Å². The summed E-state index contributed by atoms with van der Waals surface area (Å²) in [5.74, 6) is -0.0556. The van der Waals surface area contributed by atoms with E-state index < -0.39 is 0 Å². The van der Waals surface area contributed by atoms with Gasteiger partial charge >= 0.3 is 0 Å².